The fraction of sp³-hybridized carbons (Fsp3) is 0.143. The summed E-state index contributed by atoms with van der Waals surface area (Å²) in [5.41, 5.74) is 0.185. The molecule has 0 aliphatic carbocycles. The molecule has 0 amide bonds. The Kier molecular flexibility index (Phi) is 3.63. The molecule has 20 heavy (non-hydrogen) atoms. The summed E-state index contributed by atoms with van der Waals surface area (Å²) in [6, 6.07) is 6.44. The lowest BCUT2D eigenvalue weighted by molar-refractivity contribution is 0.630. The number of hydrogen-bond donors (Lipinski definition) is 0. The number of hydrogen-bond acceptors (Lipinski definition) is 3. The van der Waals surface area contributed by atoms with Crippen molar-refractivity contribution in [2.75, 3.05) is 0 Å². The first-order valence-corrected chi connectivity index (χ1v) is 7.57. The Bertz CT molecular complexity index is 781. The standard InChI is InChI=1S/C14H9Cl2FN2S/c1-2-7-6-8-12(16)18-13(19-14(8)20-7)11-9(15)4-3-5-10(11)17/h3-6H,2H2,1H3. The van der Waals surface area contributed by atoms with E-state index in [4.69, 9.17) is 23.2 Å². The smallest absolute Gasteiger partial charge is 0.166 e. The van der Waals surface area contributed by atoms with E-state index in [1.807, 2.05) is 6.07 Å². The molecule has 6 heteroatoms. The van der Waals surface area contributed by atoms with Crippen molar-refractivity contribution in [1.29, 1.82) is 0 Å². The van der Waals surface area contributed by atoms with Crippen LogP contribution in [0.15, 0.2) is 24.3 Å². The molecule has 2 aromatic heterocycles. The maximum Gasteiger partial charge on any atom is 0.166 e. The molecule has 0 saturated heterocycles. The van der Waals surface area contributed by atoms with Gasteiger partial charge < -0.3 is 0 Å². The summed E-state index contributed by atoms with van der Waals surface area (Å²) in [6.07, 6.45) is 0.896. The highest BCUT2D eigenvalue weighted by molar-refractivity contribution is 7.18. The third-order valence-corrected chi connectivity index (χ3v) is 4.71. The molecule has 3 rings (SSSR count). The van der Waals surface area contributed by atoms with Gasteiger partial charge in [-0.2, -0.15) is 0 Å². The molecule has 1 aromatic carbocycles. The zero-order valence-electron chi connectivity index (χ0n) is 10.5. The molecule has 0 bridgehead atoms. The van der Waals surface area contributed by atoms with E-state index in [-0.39, 0.29) is 16.4 Å². The van der Waals surface area contributed by atoms with E-state index in [0.29, 0.717) is 5.15 Å². The highest BCUT2D eigenvalue weighted by Gasteiger charge is 2.16. The van der Waals surface area contributed by atoms with E-state index in [0.717, 1.165) is 21.5 Å². The van der Waals surface area contributed by atoms with Crippen LogP contribution in [0.4, 0.5) is 4.39 Å². The Hall–Kier alpha value is -1.23. The zero-order valence-corrected chi connectivity index (χ0v) is 12.8. The highest BCUT2D eigenvalue weighted by atomic mass is 35.5. The van der Waals surface area contributed by atoms with Gasteiger partial charge in [-0.05, 0) is 24.6 Å². The zero-order chi connectivity index (χ0) is 14.3. The maximum absolute atomic E-state index is 13.9. The molecular formula is C14H9Cl2FN2S. The average molecular weight is 327 g/mol. The van der Waals surface area contributed by atoms with Crippen molar-refractivity contribution in [2.24, 2.45) is 0 Å². The largest absolute Gasteiger partial charge is 0.217 e. The first-order chi connectivity index (χ1) is 9.60. The fourth-order valence-corrected chi connectivity index (χ4v) is 3.43. The van der Waals surface area contributed by atoms with Crippen LogP contribution < -0.4 is 0 Å². The molecule has 3 aromatic rings. The van der Waals surface area contributed by atoms with Gasteiger partial charge in [-0.1, -0.05) is 36.2 Å². The van der Waals surface area contributed by atoms with Crippen molar-refractivity contribution in [3.05, 3.63) is 45.1 Å². The molecular weight excluding hydrogens is 318 g/mol. The average Bonchev–Trinajstić information content (AvgIpc) is 2.82. The van der Waals surface area contributed by atoms with E-state index in [1.54, 1.807) is 12.1 Å². The van der Waals surface area contributed by atoms with E-state index in [9.17, 15) is 4.39 Å². The first-order valence-electron chi connectivity index (χ1n) is 6.00. The Balaban J connectivity index is 2.27. The summed E-state index contributed by atoms with van der Waals surface area (Å²) in [5, 5.41) is 1.39. The summed E-state index contributed by atoms with van der Waals surface area (Å²) < 4.78 is 13.9. The number of benzene rings is 1. The SMILES string of the molecule is CCc1cc2c(Cl)nc(-c3c(F)cccc3Cl)nc2s1. The Morgan fingerprint density at radius 1 is 1.25 bits per heavy atom. The topological polar surface area (TPSA) is 25.8 Å². The predicted molar refractivity (Wildman–Crippen MR) is 82.2 cm³/mol. The number of aromatic nitrogens is 2. The minimum Gasteiger partial charge on any atom is -0.217 e. The first kappa shape index (κ1) is 13.7. The second kappa shape index (κ2) is 5.28. The second-order valence-corrected chi connectivity index (χ2v) is 6.10. The molecule has 0 aliphatic rings. The van der Waals surface area contributed by atoms with Crippen molar-refractivity contribution in [3.8, 4) is 11.4 Å². The van der Waals surface area contributed by atoms with Crippen molar-refractivity contribution in [1.82, 2.24) is 9.97 Å². The van der Waals surface area contributed by atoms with Crippen molar-refractivity contribution >= 4 is 44.8 Å². The molecule has 0 atom stereocenters. The van der Waals surface area contributed by atoms with Gasteiger partial charge in [0.05, 0.1) is 10.6 Å². The molecule has 0 spiro atoms. The lowest BCUT2D eigenvalue weighted by Crippen LogP contribution is -1.93. The predicted octanol–water partition coefficient (Wildman–Crippen LogP) is 5.37. The molecule has 102 valence electrons. The third-order valence-electron chi connectivity index (χ3n) is 2.93. The van der Waals surface area contributed by atoms with Crippen molar-refractivity contribution < 1.29 is 4.39 Å². The van der Waals surface area contributed by atoms with Crippen LogP contribution >= 0.6 is 34.5 Å². The molecule has 0 aliphatic heterocycles. The van der Waals surface area contributed by atoms with E-state index < -0.39 is 5.82 Å². The Morgan fingerprint density at radius 3 is 2.75 bits per heavy atom. The van der Waals surface area contributed by atoms with Crippen molar-refractivity contribution in [3.63, 3.8) is 0 Å². The number of nitrogens with zero attached hydrogens (tertiary/aromatic N) is 2. The van der Waals surface area contributed by atoms with Gasteiger partial charge in [0.1, 0.15) is 15.8 Å². The van der Waals surface area contributed by atoms with Crippen LogP contribution in [-0.4, -0.2) is 9.97 Å². The van der Waals surface area contributed by atoms with Crippen molar-refractivity contribution in [2.45, 2.75) is 13.3 Å². The minimum atomic E-state index is -0.458. The Morgan fingerprint density at radius 2 is 2.05 bits per heavy atom. The summed E-state index contributed by atoms with van der Waals surface area (Å²) in [4.78, 5) is 10.5. The van der Waals surface area contributed by atoms with Gasteiger partial charge in [0.2, 0.25) is 0 Å². The lowest BCUT2D eigenvalue weighted by Gasteiger charge is -2.05. The quantitative estimate of drug-likeness (QED) is 0.592. The van der Waals surface area contributed by atoms with E-state index >= 15 is 0 Å². The summed E-state index contributed by atoms with van der Waals surface area (Å²) in [7, 11) is 0. The van der Waals surface area contributed by atoms with Crippen LogP contribution in [0.3, 0.4) is 0 Å². The molecule has 0 N–H and O–H groups in total. The summed E-state index contributed by atoms with van der Waals surface area (Å²) >= 11 is 13.7. The van der Waals surface area contributed by atoms with Crippen LogP contribution in [0, 0.1) is 5.82 Å². The van der Waals surface area contributed by atoms with Gasteiger partial charge in [0.25, 0.3) is 0 Å². The van der Waals surface area contributed by atoms with Gasteiger partial charge >= 0.3 is 0 Å². The number of thiophene rings is 1. The summed E-state index contributed by atoms with van der Waals surface area (Å²) in [6.45, 7) is 2.06. The summed E-state index contributed by atoms with van der Waals surface area (Å²) in [5.74, 6) is -0.240. The van der Waals surface area contributed by atoms with Crippen LogP contribution in [0.25, 0.3) is 21.6 Å². The lowest BCUT2D eigenvalue weighted by atomic mass is 10.2. The molecule has 2 nitrogen and oxygen atoms in total. The monoisotopic (exact) mass is 326 g/mol. The van der Waals surface area contributed by atoms with E-state index in [1.165, 1.54) is 17.4 Å². The highest BCUT2D eigenvalue weighted by Crippen LogP contribution is 2.34. The van der Waals surface area contributed by atoms with Gasteiger partial charge in [0, 0.05) is 10.3 Å². The fourth-order valence-electron chi connectivity index (χ4n) is 1.93. The normalized spacial score (nSPS) is 11.2. The van der Waals surface area contributed by atoms with Crippen LogP contribution in [0.2, 0.25) is 10.2 Å². The van der Waals surface area contributed by atoms with Gasteiger partial charge in [0.15, 0.2) is 5.82 Å². The number of rotatable bonds is 2. The molecule has 0 saturated carbocycles. The van der Waals surface area contributed by atoms with Gasteiger partial charge in [-0.25, -0.2) is 14.4 Å². The Labute approximate surface area is 129 Å². The van der Waals surface area contributed by atoms with Crippen LogP contribution in [-0.2, 0) is 6.42 Å². The second-order valence-electron chi connectivity index (χ2n) is 4.22. The molecule has 0 unspecified atom stereocenters. The van der Waals surface area contributed by atoms with Gasteiger partial charge in [-0.3, -0.25) is 0 Å². The number of fused-ring (bicyclic) bond motifs is 1. The maximum atomic E-state index is 13.9. The minimum absolute atomic E-state index is 0.185. The van der Waals surface area contributed by atoms with Crippen LogP contribution in [0.5, 0.6) is 0 Å². The molecule has 0 fully saturated rings. The van der Waals surface area contributed by atoms with Crippen LogP contribution in [0.1, 0.15) is 11.8 Å². The van der Waals surface area contributed by atoms with Gasteiger partial charge in [-0.15, -0.1) is 11.3 Å². The number of aryl methyl sites for hydroxylation is 1. The molecule has 2 heterocycles. The molecule has 0 radical (unpaired) electrons. The van der Waals surface area contributed by atoms with E-state index in [2.05, 4.69) is 16.9 Å². The number of halogens is 3. The third kappa shape index (κ3) is 2.28.